The first kappa shape index (κ1) is 17.7. The fourth-order valence-corrected chi connectivity index (χ4v) is 1.96. The topological polar surface area (TPSA) is 67.3 Å². The van der Waals surface area contributed by atoms with Gasteiger partial charge in [-0.3, -0.25) is 9.97 Å². The number of hydrogen-bond acceptors (Lipinski definition) is 4. The third-order valence-corrected chi connectivity index (χ3v) is 3.01. The van der Waals surface area contributed by atoms with E-state index in [1.54, 1.807) is 31.1 Å². The number of H-pyrrole nitrogens is 1. The second kappa shape index (κ2) is 9.48. The first-order valence-corrected chi connectivity index (χ1v) is 7.16. The molecule has 0 radical (unpaired) electrons. The fourth-order valence-electron chi connectivity index (χ4n) is 1.96. The molecule has 0 bridgehead atoms. The minimum Gasteiger partial charge on any atom is -0.351 e. The number of rotatable bonds is 2. The Morgan fingerprint density at radius 2 is 1.21 bits per heavy atom. The summed E-state index contributed by atoms with van der Waals surface area (Å²) >= 11 is 0. The molecule has 0 unspecified atom stereocenters. The summed E-state index contributed by atoms with van der Waals surface area (Å²) in [5, 5.41) is 0. The molecule has 0 amide bonds. The molecule has 24 heavy (non-hydrogen) atoms. The van der Waals surface area contributed by atoms with E-state index in [9.17, 15) is 0 Å². The molecule has 1 N–H and O–H groups in total. The van der Waals surface area contributed by atoms with Crippen molar-refractivity contribution < 1.29 is 21.1 Å². The Labute approximate surface area is 154 Å². The van der Waals surface area contributed by atoms with Gasteiger partial charge < -0.3 is 4.98 Å². The number of imidazole rings is 1. The molecular formula is C18H15N5Pt+2. The first-order chi connectivity index (χ1) is 11.4. The van der Waals surface area contributed by atoms with Gasteiger partial charge in [0.25, 0.3) is 0 Å². The molecule has 0 aliphatic heterocycles. The number of hydrogen-bond donors (Lipinski definition) is 1. The molecule has 0 saturated carbocycles. The van der Waals surface area contributed by atoms with Crippen LogP contribution in [0.5, 0.6) is 0 Å². The van der Waals surface area contributed by atoms with Crippen molar-refractivity contribution in [2.75, 3.05) is 0 Å². The molecule has 0 atom stereocenters. The van der Waals surface area contributed by atoms with E-state index >= 15 is 0 Å². The van der Waals surface area contributed by atoms with E-state index in [0.717, 1.165) is 22.8 Å². The predicted molar refractivity (Wildman–Crippen MR) is 89.3 cm³/mol. The Kier molecular flexibility index (Phi) is 6.99. The summed E-state index contributed by atoms with van der Waals surface area (Å²) < 4.78 is 0. The maximum absolute atomic E-state index is 4.59. The van der Waals surface area contributed by atoms with E-state index < -0.39 is 0 Å². The van der Waals surface area contributed by atoms with Gasteiger partial charge in [-0.2, -0.15) is 0 Å². The van der Waals surface area contributed by atoms with E-state index in [1.165, 1.54) is 0 Å². The molecule has 4 rings (SSSR count). The maximum Gasteiger partial charge on any atom is 2.00 e. The van der Waals surface area contributed by atoms with Crippen molar-refractivity contribution >= 4 is 0 Å². The molecule has 0 aliphatic rings. The molecular weight excluding hydrogens is 481 g/mol. The predicted octanol–water partition coefficient (Wildman–Crippen LogP) is 3.61. The van der Waals surface area contributed by atoms with Gasteiger partial charge in [0, 0.05) is 24.8 Å². The van der Waals surface area contributed by atoms with Gasteiger partial charge in [-0.05, 0) is 36.4 Å². The van der Waals surface area contributed by atoms with Gasteiger partial charge in [-0.25, -0.2) is 9.97 Å². The average Bonchev–Trinajstić information content (AvgIpc) is 3.23. The third-order valence-electron chi connectivity index (χ3n) is 3.01. The van der Waals surface area contributed by atoms with E-state index in [4.69, 9.17) is 0 Å². The fraction of sp³-hybridized carbons (Fsp3) is 0. The molecule has 4 aromatic rings. The van der Waals surface area contributed by atoms with Crippen molar-refractivity contribution in [1.29, 1.82) is 0 Å². The summed E-state index contributed by atoms with van der Waals surface area (Å²) in [6.07, 6.45) is 8.62. The van der Waals surface area contributed by atoms with Crippen LogP contribution in [0.15, 0.2) is 85.7 Å². The van der Waals surface area contributed by atoms with Crippen molar-refractivity contribution in [3.63, 3.8) is 0 Å². The van der Waals surface area contributed by atoms with Gasteiger partial charge in [0.05, 0.1) is 29.1 Å². The van der Waals surface area contributed by atoms with Crippen LogP contribution in [0.1, 0.15) is 0 Å². The summed E-state index contributed by atoms with van der Waals surface area (Å²) in [4.78, 5) is 19.6. The Morgan fingerprint density at radius 1 is 0.625 bits per heavy atom. The molecule has 6 heteroatoms. The van der Waals surface area contributed by atoms with E-state index in [2.05, 4.69) is 24.9 Å². The van der Waals surface area contributed by atoms with Crippen molar-refractivity contribution in [2.45, 2.75) is 0 Å². The third kappa shape index (κ3) is 4.93. The summed E-state index contributed by atoms with van der Waals surface area (Å²) in [7, 11) is 0. The van der Waals surface area contributed by atoms with Gasteiger partial charge in [0.1, 0.15) is 0 Å². The van der Waals surface area contributed by atoms with Gasteiger partial charge in [0.15, 0.2) is 0 Å². The minimum absolute atomic E-state index is 0. The van der Waals surface area contributed by atoms with Crippen molar-refractivity contribution in [3.8, 4) is 22.8 Å². The zero-order valence-corrected chi connectivity index (χ0v) is 15.0. The molecule has 0 saturated heterocycles. The molecule has 4 aromatic heterocycles. The molecule has 5 nitrogen and oxygen atoms in total. The molecule has 0 spiro atoms. The van der Waals surface area contributed by atoms with Crippen LogP contribution in [-0.2, 0) is 21.1 Å². The SMILES string of the molecule is [Pt+2].c1c[nH]cn1.c1ccc(-c2cccc(-c3ccccn3)n2)nc1. The second-order valence-electron chi connectivity index (χ2n) is 4.60. The second-order valence-corrected chi connectivity index (χ2v) is 4.60. The number of aromatic nitrogens is 5. The van der Waals surface area contributed by atoms with Gasteiger partial charge in [-0.15, -0.1) is 0 Å². The Morgan fingerprint density at radius 3 is 1.58 bits per heavy atom. The van der Waals surface area contributed by atoms with Crippen LogP contribution in [-0.4, -0.2) is 24.9 Å². The number of pyridine rings is 3. The van der Waals surface area contributed by atoms with Crippen molar-refractivity contribution in [3.05, 3.63) is 85.7 Å². The molecule has 0 aromatic carbocycles. The molecule has 0 fully saturated rings. The quantitative estimate of drug-likeness (QED) is 0.461. The number of nitrogens with zero attached hydrogens (tertiary/aromatic N) is 4. The zero-order valence-electron chi connectivity index (χ0n) is 12.7. The van der Waals surface area contributed by atoms with E-state index in [-0.39, 0.29) is 21.1 Å². The van der Waals surface area contributed by atoms with E-state index in [1.807, 2.05) is 54.6 Å². The van der Waals surface area contributed by atoms with Crippen molar-refractivity contribution in [2.24, 2.45) is 0 Å². The first-order valence-electron chi connectivity index (χ1n) is 7.16. The van der Waals surface area contributed by atoms with Crippen LogP contribution in [0.4, 0.5) is 0 Å². The maximum atomic E-state index is 4.59. The van der Waals surface area contributed by atoms with Crippen LogP contribution in [0.2, 0.25) is 0 Å². The standard InChI is InChI=1S/C15H11N3.C3H4N2.Pt/c1-3-10-16-12(6-1)14-8-5-9-15(18-14)13-7-2-4-11-17-13;1-2-5-3-4-1;/h1-11H;1-3H,(H,4,5);/q;;+2. The summed E-state index contributed by atoms with van der Waals surface area (Å²) in [6, 6.07) is 17.5. The zero-order chi connectivity index (χ0) is 15.7. The Balaban J connectivity index is 0.000000300. The number of nitrogens with one attached hydrogen (secondary N) is 1. The number of aromatic amines is 1. The minimum atomic E-state index is 0. The normalized spacial score (nSPS) is 9.33. The van der Waals surface area contributed by atoms with Crippen LogP contribution < -0.4 is 0 Å². The average molecular weight is 496 g/mol. The molecule has 120 valence electrons. The largest absolute Gasteiger partial charge is 2.00 e. The van der Waals surface area contributed by atoms with Crippen LogP contribution in [0, 0.1) is 0 Å². The van der Waals surface area contributed by atoms with Gasteiger partial charge >= 0.3 is 21.1 Å². The van der Waals surface area contributed by atoms with Crippen LogP contribution in [0.3, 0.4) is 0 Å². The van der Waals surface area contributed by atoms with Crippen molar-refractivity contribution in [1.82, 2.24) is 24.9 Å². The summed E-state index contributed by atoms with van der Waals surface area (Å²) in [5.41, 5.74) is 3.46. The Bertz CT molecular complexity index is 748. The summed E-state index contributed by atoms with van der Waals surface area (Å²) in [6.45, 7) is 0. The van der Waals surface area contributed by atoms with E-state index in [0.29, 0.717) is 0 Å². The van der Waals surface area contributed by atoms with Crippen LogP contribution in [0.25, 0.3) is 22.8 Å². The molecule has 4 heterocycles. The molecule has 0 aliphatic carbocycles. The van der Waals surface area contributed by atoms with Crippen LogP contribution >= 0.6 is 0 Å². The monoisotopic (exact) mass is 496 g/mol. The Hall–Kier alpha value is -2.65. The smallest absolute Gasteiger partial charge is 0.351 e. The summed E-state index contributed by atoms with van der Waals surface area (Å²) in [5.74, 6) is 0. The van der Waals surface area contributed by atoms with Gasteiger partial charge in [-0.1, -0.05) is 18.2 Å². The van der Waals surface area contributed by atoms with Gasteiger partial charge in [0.2, 0.25) is 0 Å².